The van der Waals surface area contributed by atoms with Crippen molar-refractivity contribution in [2.75, 3.05) is 18.0 Å². The molecule has 1 aliphatic heterocycles. The molecular formula is C16H18BrN3. The van der Waals surface area contributed by atoms with E-state index in [1.807, 2.05) is 6.92 Å². The van der Waals surface area contributed by atoms with Crippen molar-refractivity contribution in [3.63, 3.8) is 0 Å². The minimum Gasteiger partial charge on any atom is -0.330 e. The molecule has 20 heavy (non-hydrogen) atoms. The van der Waals surface area contributed by atoms with E-state index in [1.54, 1.807) is 0 Å². The third-order valence-corrected chi connectivity index (χ3v) is 4.71. The predicted octanol–water partition coefficient (Wildman–Crippen LogP) is 3.74. The molecule has 1 aromatic carbocycles. The lowest BCUT2D eigenvalue weighted by Crippen LogP contribution is -2.18. The van der Waals surface area contributed by atoms with Gasteiger partial charge < -0.3 is 10.6 Å². The van der Waals surface area contributed by atoms with Crippen LogP contribution in [0.5, 0.6) is 0 Å². The molecule has 0 aliphatic carbocycles. The van der Waals surface area contributed by atoms with Crippen molar-refractivity contribution in [1.29, 1.82) is 0 Å². The van der Waals surface area contributed by atoms with Crippen molar-refractivity contribution in [2.24, 2.45) is 5.73 Å². The normalized spacial score (nSPS) is 17.4. The summed E-state index contributed by atoms with van der Waals surface area (Å²) in [6.45, 7) is 3.71. The maximum Gasteiger partial charge on any atom is 0.133 e. The largest absolute Gasteiger partial charge is 0.330 e. The van der Waals surface area contributed by atoms with Gasteiger partial charge in [-0.25, -0.2) is 4.98 Å². The number of benzene rings is 1. The molecule has 3 rings (SSSR count). The zero-order chi connectivity index (χ0) is 14.1. The fraction of sp³-hybridized carbons (Fsp3) is 0.312. The summed E-state index contributed by atoms with van der Waals surface area (Å²) < 4.78 is 1.05. The number of halogens is 1. The van der Waals surface area contributed by atoms with Crippen LogP contribution in [-0.2, 0) is 0 Å². The number of pyridine rings is 1. The van der Waals surface area contributed by atoms with Gasteiger partial charge in [0, 0.05) is 22.6 Å². The highest BCUT2D eigenvalue weighted by Crippen LogP contribution is 2.41. The fourth-order valence-corrected chi connectivity index (χ4v) is 3.06. The quantitative estimate of drug-likeness (QED) is 0.931. The lowest BCUT2D eigenvalue weighted by atomic mass is 9.98. The molecule has 0 bridgehead atoms. The van der Waals surface area contributed by atoms with Crippen molar-refractivity contribution >= 4 is 27.4 Å². The first kappa shape index (κ1) is 13.6. The number of fused-ring (bicyclic) bond motifs is 1. The summed E-state index contributed by atoms with van der Waals surface area (Å²) in [7, 11) is 0. The van der Waals surface area contributed by atoms with E-state index in [4.69, 9.17) is 10.7 Å². The van der Waals surface area contributed by atoms with E-state index in [9.17, 15) is 0 Å². The first-order valence-corrected chi connectivity index (χ1v) is 7.69. The van der Waals surface area contributed by atoms with E-state index in [0.29, 0.717) is 5.92 Å². The van der Waals surface area contributed by atoms with Crippen LogP contribution in [-0.4, -0.2) is 18.1 Å². The van der Waals surface area contributed by atoms with Crippen LogP contribution in [0.4, 0.5) is 11.5 Å². The van der Waals surface area contributed by atoms with Gasteiger partial charge in [0.1, 0.15) is 5.82 Å². The average molecular weight is 332 g/mol. The Hall–Kier alpha value is -1.39. The third kappa shape index (κ3) is 2.34. The van der Waals surface area contributed by atoms with Gasteiger partial charge in [-0.2, -0.15) is 0 Å². The van der Waals surface area contributed by atoms with E-state index in [-0.39, 0.29) is 0 Å². The molecule has 0 amide bonds. The Morgan fingerprint density at radius 2 is 2.10 bits per heavy atom. The summed E-state index contributed by atoms with van der Waals surface area (Å²) in [6.07, 6.45) is 1.02. The Morgan fingerprint density at radius 3 is 2.85 bits per heavy atom. The number of para-hydroxylation sites is 1. The van der Waals surface area contributed by atoms with Gasteiger partial charge in [-0.1, -0.05) is 18.2 Å². The van der Waals surface area contributed by atoms with Crippen molar-refractivity contribution in [1.82, 2.24) is 4.98 Å². The number of rotatable bonds is 3. The first-order chi connectivity index (χ1) is 9.70. The van der Waals surface area contributed by atoms with E-state index in [0.717, 1.165) is 35.5 Å². The molecule has 2 heterocycles. The van der Waals surface area contributed by atoms with Gasteiger partial charge in [0.25, 0.3) is 0 Å². The van der Waals surface area contributed by atoms with Gasteiger partial charge in [0.15, 0.2) is 0 Å². The molecule has 104 valence electrons. The van der Waals surface area contributed by atoms with Crippen molar-refractivity contribution in [2.45, 2.75) is 19.3 Å². The molecule has 0 radical (unpaired) electrons. The summed E-state index contributed by atoms with van der Waals surface area (Å²) in [5.41, 5.74) is 9.42. The van der Waals surface area contributed by atoms with Crippen LogP contribution in [0.3, 0.4) is 0 Å². The number of hydrogen-bond donors (Lipinski definition) is 1. The molecule has 2 N–H and O–H groups in total. The van der Waals surface area contributed by atoms with Crippen LogP contribution >= 0.6 is 15.9 Å². The van der Waals surface area contributed by atoms with E-state index < -0.39 is 0 Å². The molecule has 1 unspecified atom stereocenters. The number of nitrogens with two attached hydrogens (primary N) is 1. The Balaban J connectivity index is 2.01. The summed E-state index contributed by atoms with van der Waals surface area (Å²) in [5, 5.41) is 0. The van der Waals surface area contributed by atoms with Crippen LogP contribution in [0.15, 0.2) is 40.9 Å². The Kier molecular flexibility index (Phi) is 3.76. The molecule has 1 atom stereocenters. The predicted molar refractivity (Wildman–Crippen MR) is 86.5 cm³/mol. The summed E-state index contributed by atoms with van der Waals surface area (Å²) in [4.78, 5) is 7.00. The second kappa shape index (κ2) is 5.54. The molecule has 2 aromatic rings. The topological polar surface area (TPSA) is 42.2 Å². The molecule has 0 spiro atoms. The second-order valence-corrected chi connectivity index (χ2v) is 6.03. The van der Waals surface area contributed by atoms with Crippen molar-refractivity contribution in [3.05, 3.63) is 52.1 Å². The van der Waals surface area contributed by atoms with Crippen LogP contribution in [0.2, 0.25) is 0 Å². The maximum atomic E-state index is 5.75. The summed E-state index contributed by atoms with van der Waals surface area (Å²) in [5.74, 6) is 1.51. The summed E-state index contributed by atoms with van der Waals surface area (Å²) >= 11 is 3.51. The number of nitrogens with zero attached hydrogens (tertiary/aromatic N) is 2. The number of anilines is 2. The smallest absolute Gasteiger partial charge is 0.133 e. The highest BCUT2D eigenvalue weighted by Gasteiger charge is 2.29. The van der Waals surface area contributed by atoms with E-state index in [1.165, 1.54) is 11.3 Å². The Bertz CT molecular complexity index is 627. The summed E-state index contributed by atoms with van der Waals surface area (Å²) in [6, 6.07) is 12.7. The molecule has 3 nitrogen and oxygen atoms in total. The van der Waals surface area contributed by atoms with Crippen LogP contribution in [0.1, 0.15) is 23.6 Å². The standard InChI is InChI=1S/C16H18BrN3/c1-11-14(17)6-7-16(19-11)20-10-12(8-9-18)13-4-2-3-5-15(13)20/h2-7,12H,8-10,18H2,1H3. The molecule has 0 saturated heterocycles. The van der Waals surface area contributed by atoms with Crippen LogP contribution in [0, 0.1) is 6.92 Å². The molecule has 0 saturated carbocycles. The lowest BCUT2D eigenvalue weighted by Gasteiger charge is -2.19. The van der Waals surface area contributed by atoms with Gasteiger partial charge >= 0.3 is 0 Å². The van der Waals surface area contributed by atoms with Gasteiger partial charge in [0.2, 0.25) is 0 Å². The number of aromatic nitrogens is 1. The third-order valence-electron chi connectivity index (χ3n) is 3.87. The zero-order valence-corrected chi connectivity index (χ0v) is 13.1. The Morgan fingerprint density at radius 1 is 1.30 bits per heavy atom. The van der Waals surface area contributed by atoms with Gasteiger partial charge in [-0.3, -0.25) is 0 Å². The van der Waals surface area contributed by atoms with Gasteiger partial charge in [-0.15, -0.1) is 0 Å². The molecule has 4 heteroatoms. The van der Waals surface area contributed by atoms with E-state index in [2.05, 4.69) is 57.2 Å². The van der Waals surface area contributed by atoms with Crippen molar-refractivity contribution in [3.8, 4) is 0 Å². The molecule has 0 fully saturated rings. The zero-order valence-electron chi connectivity index (χ0n) is 11.5. The van der Waals surface area contributed by atoms with Gasteiger partial charge in [0.05, 0.1) is 5.69 Å². The molecule has 1 aromatic heterocycles. The number of hydrogen-bond acceptors (Lipinski definition) is 3. The highest BCUT2D eigenvalue weighted by molar-refractivity contribution is 9.10. The molecule has 1 aliphatic rings. The monoisotopic (exact) mass is 331 g/mol. The average Bonchev–Trinajstić information content (AvgIpc) is 2.82. The maximum absolute atomic E-state index is 5.75. The van der Waals surface area contributed by atoms with Crippen LogP contribution < -0.4 is 10.6 Å². The Labute approximate surface area is 127 Å². The fourth-order valence-electron chi connectivity index (χ4n) is 2.84. The highest BCUT2D eigenvalue weighted by atomic mass is 79.9. The van der Waals surface area contributed by atoms with Gasteiger partial charge in [-0.05, 0) is 59.6 Å². The molecular weight excluding hydrogens is 314 g/mol. The van der Waals surface area contributed by atoms with Crippen LogP contribution in [0.25, 0.3) is 0 Å². The van der Waals surface area contributed by atoms with E-state index >= 15 is 0 Å². The minimum absolute atomic E-state index is 0.502. The van der Waals surface area contributed by atoms with Crippen molar-refractivity contribution < 1.29 is 0 Å². The number of aryl methyl sites for hydroxylation is 1. The lowest BCUT2D eigenvalue weighted by molar-refractivity contribution is 0.667. The first-order valence-electron chi connectivity index (χ1n) is 6.90. The minimum atomic E-state index is 0.502. The SMILES string of the molecule is Cc1nc(N2CC(CCN)c3ccccc32)ccc1Br. The second-order valence-electron chi connectivity index (χ2n) is 5.18.